The molecule has 0 aliphatic carbocycles. The third-order valence-corrected chi connectivity index (χ3v) is 5.92. The molecule has 0 aromatic heterocycles. The molecular weight excluding hydrogens is 338 g/mol. The monoisotopic (exact) mass is 371 g/mol. The van der Waals surface area contributed by atoms with E-state index in [1.165, 1.54) is 6.42 Å². The van der Waals surface area contributed by atoms with Crippen LogP contribution in [-0.4, -0.2) is 71.8 Å². The summed E-state index contributed by atoms with van der Waals surface area (Å²) in [5, 5.41) is 0. The Kier molecular flexibility index (Phi) is 6.53. The highest BCUT2D eigenvalue weighted by molar-refractivity contribution is 5.94. The second-order valence-electron chi connectivity index (χ2n) is 8.41. The van der Waals surface area contributed by atoms with Gasteiger partial charge in [-0.15, -0.1) is 0 Å². The van der Waals surface area contributed by atoms with Crippen molar-refractivity contribution in [3.63, 3.8) is 0 Å². The van der Waals surface area contributed by atoms with Crippen molar-refractivity contribution in [1.82, 2.24) is 14.7 Å². The Balaban J connectivity index is 1.58. The number of carbonyl (C=O) groups excluding carboxylic acids is 2. The van der Waals surface area contributed by atoms with Crippen molar-refractivity contribution < 1.29 is 9.59 Å². The molecule has 2 amide bonds. The van der Waals surface area contributed by atoms with E-state index in [4.69, 9.17) is 0 Å². The quantitative estimate of drug-likeness (QED) is 0.821. The van der Waals surface area contributed by atoms with E-state index in [9.17, 15) is 9.59 Å². The fourth-order valence-corrected chi connectivity index (χ4v) is 4.55. The van der Waals surface area contributed by atoms with E-state index in [1.807, 2.05) is 42.2 Å². The van der Waals surface area contributed by atoms with Gasteiger partial charge in [0.15, 0.2) is 0 Å². The molecule has 5 heteroatoms. The molecule has 5 nitrogen and oxygen atoms in total. The molecule has 2 aliphatic rings. The van der Waals surface area contributed by atoms with Gasteiger partial charge in [0.05, 0.1) is 6.04 Å². The summed E-state index contributed by atoms with van der Waals surface area (Å²) in [7, 11) is 0. The van der Waals surface area contributed by atoms with E-state index in [-0.39, 0.29) is 17.9 Å². The number of amides is 2. The van der Waals surface area contributed by atoms with Gasteiger partial charge >= 0.3 is 0 Å². The van der Waals surface area contributed by atoms with Crippen LogP contribution in [0.3, 0.4) is 0 Å². The molecular formula is C22H33N3O2. The first-order valence-corrected chi connectivity index (χ1v) is 10.3. The maximum atomic E-state index is 13.0. The molecule has 2 saturated heterocycles. The molecule has 27 heavy (non-hydrogen) atoms. The van der Waals surface area contributed by atoms with Crippen molar-refractivity contribution >= 4 is 11.8 Å². The molecule has 1 aromatic carbocycles. The fourth-order valence-electron chi connectivity index (χ4n) is 4.55. The number of carbonyl (C=O) groups is 2. The Hall–Kier alpha value is -1.88. The number of rotatable bonds is 3. The highest BCUT2D eigenvalue weighted by Gasteiger charge is 2.32. The van der Waals surface area contributed by atoms with Crippen molar-refractivity contribution in [1.29, 1.82) is 0 Å². The average molecular weight is 372 g/mol. The normalized spacial score (nSPS) is 25.7. The van der Waals surface area contributed by atoms with Crippen molar-refractivity contribution in [3.05, 3.63) is 35.9 Å². The van der Waals surface area contributed by atoms with Crippen LogP contribution in [0.4, 0.5) is 0 Å². The number of likely N-dealkylation sites (tertiary alicyclic amines) is 1. The molecule has 2 fully saturated rings. The minimum absolute atomic E-state index is 0.0927. The summed E-state index contributed by atoms with van der Waals surface area (Å²) >= 11 is 0. The zero-order valence-electron chi connectivity index (χ0n) is 16.9. The van der Waals surface area contributed by atoms with Crippen LogP contribution in [-0.2, 0) is 4.79 Å². The summed E-state index contributed by atoms with van der Waals surface area (Å²) < 4.78 is 0. The number of nitrogens with zero attached hydrogens (tertiary/aromatic N) is 3. The predicted molar refractivity (Wildman–Crippen MR) is 108 cm³/mol. The highest BCUT2D eigenvalue weighted by Crippen LogP contribution is 2.22. The smallest absolute Gasteiger partial charge is 0.253 e. The molecule has 0 spiro atoms. The third kappa shape index (κ3) is 4.89. The van der Waals surface area contributed by atoms with Crippen LogP contribution < -0.4 is 0 Å². The van der Waals surface area contributed by atoms with E-state index in [2.05, 4.69) is 23.6 Å². The lowest BCUT2D eigenvalue weighted by Crippen LogP contribution is -2.52. The molecule has 2 heterocycles. The lowest BCUT2D eigenvalue weighted by atomic mass is 9.91. The molecule has 0 N–H and O–H groups in total. The van der Waals surface area contributed by atoms with Gasteiger partial charge in [-0.2, -0.15) is 0 Å². The van der Waals surface area contributed by atoms with Gasteiger partial charge in [-0.1, -0.05) is 32.0 Å². The lowest BCUT2D eigenvalue weighted by Gasteiger charge is -2.38. The minimum atomic E-state index is -0.116. The van der Waals surface area contributed by atoms with Gasteiger partial charge in [-0.3, -0.25) is 14.5 Å². The summed E-state index contributed by atoms with van der Waals surface area (Å²) in [6.45, 7) is 11.3. The first-order valence-electron chi connectivity index (χ1n) is 10.3. The van der Waals surface area contributed by atoms with E-state index < -0.39 is 0 Å². The summed E-state index contributed by atoms with van der Waals surface area (Å²) in [5.41, 5.74) is 0.742. The number of hydrogen-bond donors (Lipinski definition) is 0. The van der Waals surface area contributed by atoms with Crippen LogP contribution in [0.5, 0.6) is 0 Å². The van der Waals surface area contributed by atoms with Crippen LogP contribution in [0.15, 0.2) is 30.3 Å². The molecule has 3 rings (SSSR count). The minimum Gasteiger partial charge on any atom is -0.341 e. The number of piperidine rings is 1. The first-order chi connectivity index (χ1) is 13.0. The van der Waals surface area contributed by atoms with Crippen LogP contribution in [0.1, 0.15) is 44.0 Å². The average Bonchev–Trinajstić information content (AvgIpc) is 2.92. The highest BCUT2D eigenvalue weighted by atomic mass is 16.2. The second-order valence-corrected chi connectivity index (χ2v) is 8.41. The fraction of sp³-hybridized carbons (Fsp3) is 0.636. The van der Waals surface area contributed by atoms with Gasteiger partial charge in [0.2, 0.25) is 5.91 Å². The zero-order valence-corrected chi connectivity index (χ0v) is 16.9. The lowest BCUT2D eigenvalue weighted by molar-refractivity contribution is -0.139. The molecule has 1 aromatic rings. The Labute approximate surface area is 163 Å². The summed E-state index contributed by atoms with van der Waals surface area (Å²) in [6, 6.07) is 9.36. The van der Waals surface area contributed by atoms with Gasteiger partial charge in [-0.05, 0) is 43.7 Å². The number of benzene rings is 1. The molecule has 148 valence electrons. The standard InChI is InChI=1S/C22H33N3O2/c1-17-14-18(2)16-25(15-17)21(26)19(3)23-10-7-11-24(13-12-23)22(27)20-8-5-4-6-9-20/h4-6,8-9,17-19H,7,10-16H2,1-3H3. The van der Waals surface area contributed by atoms with Gasteiger partial charge < -0.3 is 9.80 Å². The number of hydrogen-bond acceptors (Lipinski definition) is 3. The van der Waals surface area contributed by atoms with Crippen molar-refractivity contribution in [2.24, 2.45) is 11.8 Å². The van der Waals surface area contributed by atoms with Gasteiger partial charge in [0.25, 0.3) is 5.91 Å². The second kappa shape index (κ2) is 8.87. The van der Waals surface area contributed by atoms with E-state index in [1.54, 1.807) is 0 Å². The third-order valence-electron chi connectivity index (χ3n) is 5.92. The van der Waals surface area contributed by atoms with Crippen LogP contribution in [0.2, 0.25) is 0 Å². The van der Waals surface area contributed by atoms with Crippen molar-refractivity contribution in [3.8, 4) is 0 Å². The maximum absolute atomic E-state index is 13.0. The van der Waals surface area contributed by atoms with Crippen LogP contribution in [0.25, 0.3) is 0 Å². The molecule has 3 atom stereocenters. The SMILES string of the molecule is CC1CC(C)CN(C(=O)C(C)N2CCCN(C(=O)c3ccccc3)CC2)C1. The summed E-state index contributed by atoms with van der Waals surface area (Å²) in [6.07, 6.45) is 2.11. The Morgan fingerprint density at radius 1 is 0.926 bits per heavy atom. The van der Waals surface area contributed by atoms with Crippen LogP contribution in [0, 0.1) is 11.8 Å². The zero-order chi connectivity index (χ0) is 19.4. The van der Waals surface area contributed by atoms with E-state index >= 15 is 0 Å². The molecule has 0 saturated carbocycles. The molecule has 2 aliphatic heterocycles. The predicted octanol–water partition coefficient (Wildman–Crippen LogP) is 2.73. The van der Waals surface area contributed by atoms with E-state index in [0.29, 0.717) is 18.4 Å². The topological polar surface area (TPSA) is 43.9 Å². The van der Waals surface area contributed by atoms with Gasteiger partial charge in [-0.25, -0.2) is 0 Å². The molecule has 0 bridgehead atoms. The summed E-state index contributed by atoms with van der Waals surface area (Å²) in [5.74, 6) is 1.49. The van der Waals surface area contributed by atoms with Crippen molar-refractivity contribution in [2.75, 3.05) is 39.3 Å². The molecule has 0 radical (unpaired) electrons. The summed E-state index contributed by atoms with van der Waals surface area (Å²) in [4.78, 5) is 32.0. The maximum Gasteiger partial charge on any atom is 0.253 e. The first kappa shape index (κ1) is 19.9. The molecule has 3 unspecified atom stereocenters. The largest absolute Gasteiger partial charge is 0.341 e. The van der Waals surface area contributed by atoms with Crippen LogP contribution >= 0.6 is 0 Å². The van der Waals surface area contributed by atoms with Crippen molar-refractivity contribution in [2.45, 2.75) is 39.7 Å². The van der Waals surface area contributed by atoms with Gasteiger partial charge in [0.1, 0.15) is 0 Å². The Morgan fingerprint density at radius 3 is 2.26 bits per heavy atom. The Morgan fingerprint density at radius 2 is 1.59 bits per heavy atom. The van der Waals surface area contributed by atoms with E-state index in [0.717, 1.165) is 44.7 Å². The van der Waals surface area contributed by atoms with Gasteiger partial charge in [0, 0.05) is 44.8 Å². The Bertz CT molecular complexity index is 638.